The zero-order valence-electron chi connectivity index (χ0n) is 10.1. The molecule has 1 aliphatic rings. The Morgan fingerprint density at radius 3 is 2.95 bits per heavy atom. The van der Waals surface area contributed by atoms with Crippen LogP contribution in [-0.4, -0.2) is 20.5 Å². The van der Waals surface area contributed by atoms with E-state index in [1.165, 1.54) is 16.8 Å². The molecule has 0 aromatic carbocycles. The number of hydrogen-bond acceptors (Lipinski definition) is 3. The first-order valence-corrected chi connectivity index (χ1v) is 5.95. The number of aromatic amines is 1. The summed E-state index contributed by atoms with van der Waals surface area (Å²) in [6.07, 6.45) is 9.28. The Morgan fingerprint density at radius 1 is 1.42 bits per heavy atom. The van der Waals surface area contributed by atoms with Crippen molar-refractivity contribution in [3.63, 3.8) is 0 Å². The van der Waals surface area contributed by atoms with E-state index in [4.69, 9.17) is 5.73 Å². The number of H-pyrrole nitrogens is 1. The van der Waals surface area contributed by atoms with Crippen molar-refractivity contribution in [3.8, 4) is 0 Å². The molecule has 0 saturated carbocycles. The molecule has 96 valence electrons. The fraction of sp³-hybridized carbons (Fsp3) is 0.154. The molecule has 0 unspecified atom stereocenters. The van der Waals surface area contributed by atoms with E-state index >= 15 is 0 Å². The second kappa shape index (κ2) is 4.24. The molecule has 6 heteroatoms. The van der Waals surface area contributed by atoms with Crippen molar-refractivity contribution in [1.29, 1.82) is 0 Å². The molecule has 3 rings (SSSR count). The van der Waals surface area contributed by atoms with E-state index in [0.29, 0.717) is 5.69 Å². The minimum atomic E-state index is -0.615. The van der Waals surface area contributed by atoms with E-state index in [9.17, 15) is 9.59 Å². The van der Waals surface area contributed by atoms with Crippen molar-refractivity contribution >= 4 is 17.1 Å². The maximum Gasteiger partial charge on any atom is 0.273 e. The molecule has 1 amide bonds. The minimum absolute atomic E-state index is 0.208. The molecular formula is C13H12N4O2. The van der Waals surface area contributed by atoms with Gasteiger partial charge in [-0.3, -0.25) is 14.7 Å². The van der Waals surface area contributed by atoms with Crippen LogP contribution in [0.2, 0.25) is 0 Å². The van der Waals surface area contributed by atoms with Gasteiger partial charge >= 0.3 is 0 Å². The van der Waals surface area contributed by atoms with Crippen LogP contribution in [0.4, 0.5) is 0 Å². The Labute approximate surface area is 108 Å². The number of nitrogens with zero attached hydrogens (tertiary/aromatic N) is 2. The molecule has 0 saturated heterocycles. The van der Waals surface area contributed by atoms with Crippen molar-refractivity contribution < 1.29 is 4.79 Å². The van der Waals surface area contributed by atoms with Gasteiger partial charge in [-0.15, -0.1) is 0 Å². The fourth-order valence-corrected chi connectivity index (χ4v) is 2.11. The summed E-state index contributed by atoms with van der Waals surface area (Å²) in [6, 6.07) is 1.44. The van der Waals surface area contributed by atoms with Gasteiger partial charge in [-0.25, -0.2) is 9.50 Å². The normalized spacial score (nSPS) is 14.6. The Kier molecular flexibility index (Phi) is 2.56. The highest BCUT2D eigenvalue weighted by Crippen LogP contribution is 2.19. The second-order valence-corrected chi connectivity index (χ2v) is 4.33. The van der Waals surface area contributed by atoms with E-state index in [-0.39, 0.29) is 16.8 Å². The summed E-state index contributed by atoms with van der Waals surface area (Å²) in [5.41, 5.74) is 6.91. The molecule has 19 heavy (non-hydrogen) atoms. The van der Waals surface area contributed by atoms with Gasteiger partial charge in [-0.2, -0.15) is 0 Å². The molecule has 0 bridgehead atoms. The van der Waals surface area contributed by atoms with E-state index in [2.05, 4.69) is 10.1 Å². The number of nitrogens with one attached hydrogen (secondary N) is 1. The Hall–Kier alpha value is -2.63. The third-order valence-corrected chi connectivity index (χ3v) is 3.05. The lowest BCUT2D eigenvalue weighted by Crippen LogP contribution is -2.17. The molecule has 6 nitrogen and oxygen atoms in total. The molecule has 0 fully saturated rings. The van der Waals surface area contributed by atoms with Crippen LogP contribution in [0, 0.1) is 0 Å². The standard InChI is InChI=1S/C13H12N4O2/c14-12(19)9-7-15-17-11(18)6-10(16-13(9)17)8-4-2-1-3-5-8/h2,4-7,15H,1,3H2,(H2,14,19). The van der Waals surface area contributed by atoms with Gasteiger partial charge in [0, 0.05) is 12.3 Å². The number of carbonyl (C=O) groups excluding carboxylic acids is 1. The van der Waals surface area contributed by atoms with Gasteiger partial charge in [0.05, 0.1) is 5.69 Å². The molecule has 3 N–H and O–H groups in total. The van der Waals surface area contributed by atoms with Gasteiger partial charge in [-0.05, 0) is 18.4 Å². The highest BCUT2D eigenvalue weighted by atomic mass is 16.1. The summed E-state index contributed by atoms with van der Waals surface area (Å²) in [5, 5.41) is 2.67. The van der Waals surface area contributed by atoms with Crippen LogP contribution >= 0.6 is 0 Å². The average Bonchev–Trinajstić information content (AvgIpc) is 2.84. The van der Waals surface area contributed by atoms with E-state index in [1.54, 1.807) is 0 Å². The molecule has 0 aliphatic heterocycles. The van der Waals surface area contributed by atoms with Gasteiger partial charge in [0.25, 0.3) is 11.5 Å². The quantitative estimate of drug-likeness (QED) is 0.834. The third-order valence-electron chi connectivity index (χ3n) is 3.05. The van der Waals surface area contributed by atoms with E-state index < -0.39 is 5.91 Å². The monoisotopic (exact) mass is 256 g/mol. The lowest BCUT2D eigenvalue weighted by Gasteiger charge is -2.06. The summed E-state index contributed by atoms with van der Waals surface area (Å²) < 4.78 is 1.21. The Balaban J connectivity index is 2.25. The first-order valence-electron chi connectivity index (χ1n) is 5.95. The van der Waals surface area contributed by atoms with Crippen molar-refractivity contribution in [2.45, 2.75) is 12.8 Å². The number of nitrogens with two attached hydrogens (primary N) is 1. The lowest BCUT2D eigenvalue weighted by atomic mass is 10.0. The second-order valence-electron chi connectivity index (χ2n) is 4.33. The SMILES string of the molecule is NC(=O)c1c[nH]n2c(=O)cc(C3=CCCC=C3)nc12. The smallest absolute Gasteiger partial charge is 0.273 e. The van der Waals surface area contributed by atoms with Crippen LogP contribution in [-0.2, 0) is 0 Å². The Morgan fingerprint density at radius 2 is 2.26 bits per heavy atom. The summed E-state index contributed by atoms with van der Waals surface area (Å²) in [6.45, 7) is 0. The van der Waals surface area contributed by atoms with Crippen LogP contribution in [0.5, 0.6) is 0 Å². The largest absolute Gasteiger partial charge is 0.365 e. The number of rotatable bonds is 2. The number of carbonyl (C=O) groups is 1. The topological polar surface area (TPSA) is 93.3 Å². The molecule has 2 aromatic heterocycles. The Bertz CT molecular complexity index is 780. The van der Waals surface area contributed by atoms with Crippen LogP contribution in [0.15, 0.2) is 35.3 Å². The fourth-order valence-electron chi connectivity index (χ4n) is 2.11. The number of hydrogen-bond donors (Lipinski definition) is 2. The summed E-state index contributed by atoms with van der Waals surface area (Å²) in [7, 11) is 0. The van der Waals surface area contributed by atoms with Gasteiger partial charge in [0.2, 0.25) is 0 Å². The highest BCUT2D eigenvalue weighted by molar-refractivity contribution is 5.98. The van der Waals surface area contributed by atoms with Crippen molar-refractivity contribution in [2.75, 3.05) is 0 Å². The zero-order valence-corrected chi connectivity index (χ0v) is 10.1. The first kappa shape index (κ1) is 11.5. The third kappa shape index (κ3) is 1.87. The van der Waals surface area contributed by atoms with E-state index in [1.807, 2.05) is 18.2 Å². The van der Waals surface area contributed by atoms with Crippen molar-refractivity contribution in [1.82, 2.24) is 14.6 Å². The molecule has 1 aliphatic carbocycles. The molecule has 0 atom stereocenters. The summed E-state index contributed by atoms with van der Waals surface area (Å²) >= 11 is 0. The lowest BCUT2D eigenvalue weighted by molar-refractivity contribution is 0.100. The number of fused-ring (bicyclic) bond motifs is 1. The maximum absolute atomic E-state index is 12.0. The molecule has 2 heterocycles. The first-order chi connectivity index (χ1) is 9.16. The summed E-state index contributed by atoms with van der Waals surface area (Å²) in [5.74, 6) is -0.615. The van der Waals surface area contributed by atoms with E-state index in [0.717, 1.165) is 18.4 Å². The van der Waals surface area contributed by atoms with Gasteiger partial charge in [0.15, 0.2) is 5.65 Å². The molecule has 2 aromatic rings. The van der Waals surface area contributed by atoms with Gasteiger partial charge in [-0.1, -0.05) is 18.2 Å². The van der Waals surface area contributed by atoms with Crippen LogP contribution < -0.4 is 11.3 Å². The van der Waals surface area contributed by atoms with Crippen LogP contribution in [0.25, 0.3) is 11.2 Å². The molecular weight excluding hydrogens is 244 g/mol. The molecule has 0 spiro atoms. The summed E-state index contributed by atoms with van der Waals surface area (Å²) in [4.78, 5) is 27.6. The van der Waals surface area contributed by atoms with Gasteiger partial charge < -0.3 is 5.73 Å². The van der Waals surface area contributed by atoms with Crippen LogP contribution in [0.1, 0.15) is 28.9 Å². The average molecular weight is 256 g/mol. The minimum Gasteiger partial charge on any atom is -0.365 e. The van der Waals surface area contributed by atoms with Gasteiger partial charge in [0.1, 0.15) is 5.56 Å². The number of allylic oxidation sites excluding steroid dienone is 4. The number of amides is 1. The predicted molar refractivity (Wildman–Crippen MR) is 70.7 cm³/mol. The van der Waals surface area contributed by atoms with Crippen molar-refractivity contribution in [2.24, 2.45) is 5.73 Å². The zero-order chi connectivity index (χ0) is 13.4. The molecule has 0 radical (unpaired) electrons. The predicted octanol–water partition coefficient (Wildman–Crippen LogP) is 0.855. The van der Waals surface area contributed by atoms with Crippen LogP contribution in [0.3, 0.4) is 0 Å². The highest BCUT2D eigenvalue weighted by Gasteiger charge is 2.14. The maximum atomic E-state index is 12.0. The van der Waals surface area contributed by atoms with Crippen molar-refractivity contribution in [3.05, 3.63) is 52.1 Å². The number of primary amides is 1. The number of aromatic nitrogens is 3.